The van der Waals surface area contributed by atoms with Gasteiger partial charge in [0.25, 0.3) is 11.8 Å². The molecule has 10 heteroatoms. The SMILES string of the molecule is C=CC1=C(C)C(/C=c2\[nH]/c(=C\c3[nH]c(/C=C4/NC(=O)C(C)=C4CCC(=O)O)c(CCC(=O)O)c3C)c(C)c2C=C)=NC1=O. The summed E-state index contributed by atoms with van der Waals surface area (Å²) < 4.78 is 0. The van der Waals surface area contributed by atoms with Crippen molar-refractivity contribution in [2.45, 2.75) is 53.4 Å². The number of carboxylic acid groups (broad SMARTS) is 2. The van der Waals surface area contributed by atoms with E-state index in [1.54, 1.807) is 25.2 Å². The first-order valence-electron chi connectivity index (χ1n) is 13.8. The number of rotatable bonds is 11. The van der Waals surface area contributed by atoms with E-state index in [1.807, 2.05) is 26.8 Å². The van der Waals surface area contributed by atoms with Gasteiger partial charge in [0.05, 0.1) is 5.71 Å². The van der Waals surface area contributed by atoms with Crippen LogP contribution >= 0.6 is 0 Å². The van der Waals surface area contributed by atoms with Crippen LogP contribution in [0.1, 0.15) is 66.8 Å². The van der Waals surface area contributed by atoms with E-state index < -0.39 is 11.9 Å². The number of aliphatic carboxylic acids is 2. The van der Waals surface area contributed by atoms with Crippen molar-refractivity contribution in [1.82, 2.24) is 15.3 Å². The maximum absolute atomic E-state index is 12.4. The van der Waals surface area contributed by atoms with Crippen LogP contribution in [0.4, 0.5) is 0 Å². The summed E-state index contributed by atoms with van der Waals surface area (Å²) in [5.74, 6) is -2.54. The quantitative estimate of drug-likeness (QED) is 0.273. The highest BCUT2D eigenvalue weighted by molar-refractivity contribution is 6.31. The lowest BCUT2D eigenvalue weighted by atomic mass is 10.0. The summed E-state index contributed by atoms with van der Waals surface area (Å²) in [5, 5.41) is 22.9. The Morgan fingerprint density at radius 1 is 0.814 bits per heavy atom. The molecule has 5 N–H and O–H groups in total. The minimum Gasteiger partial charge on any atom is -0.481 e. The Kier molecular flexibility index (Phi) is 8.80. The molecule has 10 nitrogen and oxygen atoms in total. The van der Waals surface area contributed by atoms with Gasteiger partial charge in [0, 0.05) is 57.3 Å². The van der Waals surface area contributed by atoms with E-state index >= 15 is 0 Å². The molecule has 222 valence electrons. The molecule has 0 aliphatic carbocycles. The van der Waals surface area contributed by atoms with Crippen molar-refractivity contribution in [3.05, 3.63) is 91.6 Å². The monoisotopic (exact) mass is 582 g/mol. The standard InChI is InChI=1S/C33H34N4O6/c1-7-20-16(3)24(34-27(20)14-26-17(4)21(8-2)33(43)36-26)13-25-18(5)22(9-11-30(38)39)28(35-25)15-29-23(10-12-31(40)41)19(6)32(42)37-29/h7-8,13-15,34-35H,1-2,9-12H2,3-6H3,(H,37,42)(H,38,39)(H,40,41)/b24-13-,27-14-,29-15+. The Labute approximate surface area is 248 Å². The van der Waals surface area contributed by atoms with Crippen molar-refractivity contribution in [2.75, 3.05) is 0 Å². The van der Waals surface area contributed by atoms with Crippen LogP contribution in [0.2, 0.25) is 0 Å². The van der Waals surface area contributed by atoms with Gasteiger partial charge in [0.2, 0.25) is 0 Å². The van der Waals surface area contributed by atoms with Gasteiger partial charge < -0.3 is 25.5 Å². The number of aliphatic imine (C=N–C) groups is 1. The number of H-pyrrole nitrogens is 2. The van der Waals surface area contributed by atoms with E-state index in [2.05, 4.69) is 33.4 Å². The maximum Gasteiger partial charge on any atom is 0.303 e. The highest BCUT2D eigenvalue weighted by Gasteiger charge is 2.25. The molecule has 0 radical (unpaired) electrons. The molecule has 0 fully saturated rings. The zero-order chi connectivity index (χ0) is 31.6. The molecule has 4 rings (SSSR count). The molecule has 2 aliphatic rings. The van der Waals surface area contributed by atoms with Crippen molar-refractivity contribution >= 4 is 53.8 Å². The molecule has 0 unspecified atom stereocenters. The van der Waals surface area contributed by atoms with Crippen LogP contribution in [0.5, 0.6) is 0 Å². The zero-order valence-corrected chi connectivity index (χ0v) is 24.6. The number of hydrogen-bond acceptors (Lipinski definition) is 4. The molecule has 43 heavy (non-hydrogen) atoms. The van der Waals surface area contributed by atoms with E-state index in [4.69, 9.17) is 0 Å². The minimum atomic E-state index is -0.968. The number of aromatic amines is 2. The van der Waals surface area contributed by atoms with Gasteiger partial charge in [0.15, 0.2) is 0 Å². The fourth-order valence-corrected chi connectivity index (χ4v) is 5.34. The summed E-state index contributed by atoms with van der Waals surface area (Å²) in [7, 11) is 0. The van der Waals surface area contributed by atoms with Crippen molar-refractivity contribution in [1.29, 1.82) is 0 Å². The smallest absolute Gasteiger partial charge is 0.303 e. The molecular weight excluding hydrogens is 548 g/mol. The number of hydrogen-bond donors (Lipinski definition) is 5. The third-order valence-electron chi connectivity index (χ3n) is 7.87. The molecule has 0 spiro atoms. The van der Waals surface area contributed by atoms with Gasteiger partial charge in [0.1, 0.15) is 0 Å². The molecule has 2 aromatic rings. The van der Waals surface area contributed by atoms with Crippen LogP contribution in [-0.4, -0.2) is 49.6 Å². The first-order chi connectivity index (χ1) is 20.4. The normalized spacial score (nSPS) is 16.9. The largest absolute Gasteiger partial charge is 0.481 e. The highest BCUT2D eigenvalue weighted by atomic mass is 16.4. The highest BCUT2D eigenvalue weighted by Crippen LogP contribution is 2.29. The molecule has 2 aromatic heterocycles. The number of carbonyl (C=O) groups is 4. The number of amides is 2. The first-order valence-corrected chi connectivity index (χ1v) is 13.8. The van der Waals surface area contributed by atoms with E-state index in [1.165, 1.54) is 6.08 Å². The summed E-state index contributed by atoms with van der Waals surface area (Å²) >= 11 is 0. The zero-order valence-electron chi connectivity index (χ0n) is 24.6. The predicted octanol–water partition coefficient (Wildman–Crippen LogP) is 3.36. The third-order valence-corrected chi connectivity index (χ3v) is 7.87. The van der Waals surface area contributed by atoms with Crippen LogP contribution in [0.3, 0.4) is 0 Å². The minimum absolute atomic E-state index is 0.0942. The summed E-state index contributed by atoms with van der Waals surface area (Å²) in [6.07, 6.45) is 8.89. The van der Waals surface area contributed by atoms with E-state index in [9.17, 15) is 29.4 Å². The van der Waals surface area contributed by atoms with E-state index in [0.717, 1.165) is 44.2 Å². The van der Waals surface area contributed by atoms with Gasteiger partial charge in [-0.25, -0.2) is 4.99 Å². The van der Waals surface area contributed by atoms with Gasteiger partial charge >= 0.3 is 11.9 Å². The number of carbonyl (C=O) groups excluding carboxylic acids is 2. The van der Waals surface area contributed by atoms with E-state index in [-0.39, 0.29) is 37.5 Å². The first kappa shape index (κ1) is 30.7. The number of allylic oxidation sites excluding steroid dienone is 2. The fourth-order valence-electron chi connectivity index (χ4n) is 5.34. The van der Waals surface area contributed by atoms with Gasteiger partial charge in [-0.1, -0.05) is 25.3 Å². The number of nitrogens with zero attached hydrogens (tertiary/aromatic N) is 1. The Hall–Kier alpha value is -5.25. The Balaban J connectivity index is 1.85. The topological polar surface area (TPSA) is 165 Å². The maximum atomic E-state index is 12.4. The molecule has 0 bridgehead atoms. The van der Waals surface area contributed by atoms with Crippen LogP contribution in [-0.2, 0) is 25.6 Å². The Bertz CT molecular complexity index is 1860. The van der Waals surface area contributed by atoms with Crippen molar-refractivity contribution in [3.8, 4) is 0 Å². The number of nitrogens with one attached hydrogen (secondary N) is 3. The Morgan fingerprint density at radius 3 is 2.09 bits per heavy atom. The molecule has 0 aromatic carbocycles. The van der Waals surface area contributed by atoms with Crippen LogP contribution < -0.4 is 16.0 Å². The lowest BCUT2D eigenvalue weighted by Crippen LogP contribution is -2.15. The van der Waals surface area contributed by atoms with Crippen LogP contribution in [0, 0.1) is 13.8 Å². The molecule has 2 aliphatic heterocycles. The summed E-state index contributed by atoms with van der Waals surface area (Å²) in [5.41, 5.74) is 8.02. The predicted molar refractivity (Wildman–Crippen MR) is 165 cm³/mol. The third kappa shape index (κ3) is 6.18. The number of aromatic nitrogens is 2. The second-order valence-corrected chi connectivity index (χ2v) is 10.5. The van der Waals surface area contributed by atoms with Gasteiger partial charge in [-0.05, 0) is 86.6 Å². The molecule has 2 amide bonds. The van der Waals surface area contributed by atoms with Gasteiger partial charge in [-0.15, -0.1) is 0 Å². The lowest BCUT2D eigenvalue weighted by Gasteiger charge is -2.06. The second-order valence-electron chi connectivity index (χ2n) is 10.5. The summed E-state index contributed by atoms with van der Waals surface area (Å²) in [6, 6.07) is 0. The van der Waals surface area contributed by atoms with Crippen LogP contribution in [0.15, 0.2) is 52.2 Å². The fraction of sp³-hybridized carbons (Fsp3) is 0.242. The average Bonchev–Trinajstić information content (AvgIpc) is 3.59. The van der Waals surface area contributed by atoms with E-state index in [0.29, 0.717) is 33.8 Å². The molecule has 0 saturated carbocycles. The molecule has 4 heterocycles. The number of carboxylic acids is 2. The second kappa shape index (κ2) is 12.3. The lowest BCUT2D eigenvalue weighted by molar-refractivity contribution is -0.138. The summed E-state index contributed by atoms with van der Waals surface area (Å²) in [6.45, 7) is 15.0. The molecular formula is C33H34N4O6. The van der Waals surface area contributed by atoms with Crippen LogP contribution in [0.25, 0.3) is 24.3 Å². The van der Waals surface area contributed by atoms with Crippen molar-refractivity contribution in [3.63, 3.8) is 0 Å². The molecule has 0 atom stereocenters. The van der Waals surface area contributed by atoms with Gasteiger partial charge in [-0.2, -0.15) is 0 Å². The average molecular weight is 583 g/mol. The Morgan fingerprint density at radius 2 is 1.49 bits per heavy atom. The van der Waals surface area contributed by atoms with Gasteiger partial charge in [-0.3, -0.25) is 19.2 Å². The summed E-state index contributed by atoms with van der Waals surface area (Å²) in [4.78, 5) is 58.3. The molecule has 0 saturated heterocycles. The van der Waals surface area contributed by atoms with Crippen molar-refractivity contribution in [2.24, 2.45) is 4.99 Å². The van der Waals surface area contributed by atoms with Crippen molar-refractivity contribution < 1.29 is 29.4 Å².